The summed E-state index contributed by atoms with van der Waals surface area (Å²) in [6.07, 6.45) is 0.117. The van der Waals surface area contributed by atoms with Crippen LogP contribution >= 0.6 is 0 Å². The van der Waals surface area contributed by atoms with Crippen LogP contribution in [0.2, 0.25) is 0 Å². The summed E-state index contributed by atoms with van der Waals surface area (Å²) in [6, 6.07) is 19.4. The van der Waals surface area contributed by atoms with Gasteiger partial charge in [0.25, 0.3) is 5.56 Å². The molecule has 4 aromatic rings. The van der Waals surface area contributed by atoms with Crippen molar-refractivity contribution in [2.45, 2.75) is 38.7 Å². The van der Waals surface area contributed by atoms with Crippen molar-refractivity contribution in [1.82, 2.24) is 9.55 Å². The predicted octanol–water partition coefficient (Wildman–Crippen LogP) is 3.66. The van der Waals surface area contributed by atoms with Gasteiger partial charge in [0.15, 0.2) is 5.60 Å². The molecule has 0 aliphatic carbocycles. The normalized spacial score (nSPS) is 18.2. The maximum absolute atomic E-state index is 13.3. The lowest BCUT2D eigenvalue weighted by Gasteiger charge is -2.31. The first-order valence-corrected chi connectivity index (χ1v) is 11.3. The van der Waals surface area contributed by atoms with Crippen molar-refractivity contribution in [2.24, 2.45) is 0 Å². The van der Waals surface area contributed by atoms with Gasteiger partial charge in [-0.2, -0.15) is 0 Å². The summed E-state index contributed by atoms with van der Waals surface area (Å²) in [5, 5.41) is 11.9. The second-order valence-corrected chi connectivity index (χ2v) is 8.73. The van der Waals surface area contributed by atoms with E-state index in [4.69, 9.17) is 14.5 Å². The molecule has 4 heterocycles. The van der Waals surface area contributed by atoms with Crippen molar-refractivity contribution in [3.05, 3.63) is 93.3 Å². The Balaban J connectivity index is 1.40. The lowest BCUT2D eigenvalue weighted by molar-refractivity contribution is -0.172. The summed E-state index contributed by atoms with van der Waals surface area (Å²) in [5.41, 5.74) is 2.60. The number of cyclic esters (lactones) is 1. The number of nitrogens with zero attached hydrogens (tertiary/aromatic N) is 2. The SMILES string of the molecule is CC[C@@]1(O)C(=O)OCc2c1cc1n(c2=O)Cc2cc3cc(OCc4ccccc4)ccc3nc2-1. The zero-order valence-electron chi connectivity index (χ0n) is 18.6. The minimum atomic E-state index is -1.83. The summed E-state index contributed by atoms with van der Waals surface area (Å²) in [6.45, 7) is 2.40. The number of esters is 1. The van der Waals surface area contributed by atoms with Gasteiger partial charge in [0.1, 0.15) is 19.0 Å². The van der Waals surface area contributed by atoms with Gasteiger partial charge in [0, 0.05) is 16.5 Å². The minimum Gasteiger partial charge on any atom is -0.489 e. The van der Waals surface area contributed by atoms with Crippen LogP contribution in [0.1, 0.15) is 35.6 Å². The molecule has 0 fully saturated rings. The third kappa shape index (κ3) is 3.04. The van der Waals surface area contributed by atoms with Gasteiger partial charge in [0.05, 0.1) is 29.0 Å². The molecule has 6 rings (SSSR count). The lowest BCUT2D eigenvalue weighted by atomic mass is 9.86. The first-order valence-electron chi connectivity index (χ1n) is 11.3. The van der Waals surface area contributed by atoms with Gasteiger partial charge in [-0.3, -0.25) is 4.79 Å². The van der Waals surface area contributed by atoms with E-state index < -0.39 is 11.6 Å². The molecule has 2 aliphatic heterocycles. The molecule has 34 heavy (non-hydrogen) atoms. The Kier molecular flexibility index (Phi) is 4.57. The van der Waals surface area contributed by atoms with Gasteiger partial charge < -0.3 is 19.1 Å². The zero-order valence-corrected chi connectivity index (χ0v) is 18.6. The highest BCUT2D eigenvalue weighted by Crippen LogP contribution is 2.38. The molecular weight excluding hydrogens is 432 g/mol. The van der Waals surface area contributed by atoms with Crippen molar-refractivity contribution in [3.63, 3.8) is 0 Å². The van der Waals surface area contributed by atoms with Crippen LogP contribution in [0.25, 0.3) is 22.3 Å². The first-order chi connectivity index (χ1) is 16.5. The number of aliphatic hydroxyl groups is 1. The first kappa shape index (κ1) is 20.6. The number of carbonyl (C=O) groups is 1. The molecule has 0 bridgehead atoms. The van der Waals surface area contributed by atoms with E-state index in [0.717, 1.165) is 27.8 Å². The van der Waals surface area contributed by atoms with Crippen LogP contribution in [0.3, 0.4) is 0 Å². The molecule has 0 unspecified atom stereocenters. The van der Waals surface area contributed by atoms with E-state index >= 15 is 0 Å². The van der Waals surface area contributed by atoms with Crippen molar-refractivity contribution < 1.29 is 19.4 Å². The quantitative estimate of drug-likeness (QED) is 0.417. The van der Waals surface area contributed by atoms with Gasteiger partial charge >= 0.3 is 5.97 Å². The zero-order chi connectivity index (χ0) is 23.4. The average molecular weight is 454 g/mol. The Bertz CT molecular complexity index is 1530. The fourth-order valence-corrected chi connectivity index (χ4v) is 4.79. The van der Waals surface area contributed by atoms with Crippen LogP contribution in [0.15, 0.2) is 65.5 Å². The number of carbonyl (C=O) groups excluding carboxylic acids is 1. The van der Waals surface area contributed by atoms with E-state index in [0.29, 0.717) is 35.7 Å². The summed E-state index contributed by atoms with van der Waals surface area (Å²) in [5.74, 6) is 0.0180. The Morgan fingerprint density at radius 3 is 2.74 bits per heavy atom. The predicted molar refractivity (Wildman–Crippen MR) is 125 cm³/mol. The van der Waals surface area contributed by atoms with E-state index in [9.17, 15) is 14.7 Å². The molecule has 2 aromatic carbocycles. The molecule has 1 atom stereocenters. The Morgan fingerprint density at radius 2 is 1.94 bits per heavy atom. The summed E-state index contributed by atoms with van der Waals surface area (Å²) in [7, 11) is 0. The van der Waals surface area contributed by atoms with Crippen LogP contribution in [-0.4, -0.2) is 20.6 Å². The number of aromatic nitrogens is 2. The molecule has 0 amide bonds. The maximum atomic E-state index is 13.3. The van der Waals surface area contributed by atoms with E-state index in [1.807, 2.05) is 54.6 Å². The second kappa shape index (κ2) is 7.53. The number of rotatable bonds is 4. The number of hydrogen-bond donors (Lipinski definition) is 1. The summed E-state index contributed by atoms with van der Waals surface area (Å²) in [4.78, 5) is 30.4. The molecule has 7 heteroatoms. The lowest BCUT2D eigenvalue weighted by Crippen LogP contribution is -2.44. The minimum absolute atomic E-state index is 0.117. The largest absolute Gasteiger partial charge is 0.489 e. The third-order valence-electron chi connectivity index (χ3n) is 6.73. The van der Waals surface area contributed by atoms with Gasteiger partial charge in [-0.25, -0.2) is 9.78 Å². The number of pyridine rings is 2. The Labute approximate surface area is 195 Å². The molecule has 2 aromatic heterocycles. The summed E-state index contributed by atoms with van der Waals surface area (Å²) < 4.78 is 12.7. The van der Waals surface area contributed by atoms with Crippen LogP contribution < -0.4 is 10.3 Å². The van der Waals surface area contributed by atoms with E-state index in [-0.39, 0.29) is 18.6 Å². The number of fused-ring (bicyclic) bond motifs is 5. The van der Waals surface area contributed by atoms with Crippen molar-refractivity contribution in [3.8, 4) is 17.1 Å². The van der Waals surface area contributed by atoms with E-state index in [1.165, 1.54) is 0 Å². The number of hydrogen-bond acceptors (Lipinski definition) is 6. The molecule has 0 saturated carbocycles. The molecule has 170 valence electrons. The summed E-state index contributed by atoms with van der Waals surface area (Å²) >= 11 is 0. The van der Waals surface area contributed by atoms with Gasteiger partial charge in [-0.05, 0) is 42.3 Å². The molecule has 0 radical (unpaired) electrons. The van der Waals surface area contributed by atoms with E-state index in [2.05, 4.69) is 0 Å². The van der Waals surface area contributed by atoms with Crippen LogP contribution in [0.4, 0.5) is 0 Å². The highest BCUT2D eigenvalue weighted by Gasteiger charge is 2.45. The second-order valence-electron chi connectivity index (χ2n) is 8.73. The monoisotopic (exact) mass is 454 g/mol. The molecule has 7 nitrogen and oxygen atoms in total. The van der Waals surface area contributed by atoms with Crippen molar-refractivity contribution >= 4 is 16.9 Å². The third-order valence-corrected chi connectivity index (χ3v) is 6.73. The van der Waals surface area contributed by atoms with Gasteiger partial charge in [0.2, 0.25) is 0 Å². The number of ether oxygens (including phenoxy) is 2. The fourth-order valence-electron chi connectivity index (χ4n) is 4.79. The smallest absolute Gasteiger partial charge is 0.343 e. The van der Waals surface area contributed by atoms with Gasteiger partial charge in [-0.15, -0.1) is 0 Å². The van der Waals surface area contributed by atoms with Crippen molar-refractivity contribution in [1.29, 1.82) is 0 Å². The molecule has 1 N–H and O–H groups in total. The Hall–Kier alpha value is -3.97. The molecular formula is C27H22N2O5. The van der Waals surface area contributed by atoms with E-state index in [1.54, 1.807) is 17.6 Å². The average Bonchev–Trinajstić information content (AvgIpc) is 3.22. The number of benzene rings is 2. The highest BCUT2D eigenvalue weighted by molar-refractivity contribution is 5.87. The Morgan fingerprint density at radius 1 is 1.12 bits per heavy atom. The maximum Gasteiger partial charge on any atom is 0.343 e. The molecule has 0 saturated heterocycles. The van der Waals surface area contributed by atoms with Crippen LogP contribution in [0.5, 0.6) is 5.75 Å². The molecule has 0 spiro atoms. The van der Waals surface area contributed by atoms with Crippen LogP contribution in [0, 0.1) is 0 Å². The topological polar surface area (TPSA) is 90.7 Å². The fraction of sp³-hybridized carbons (Fsp3) is 0.222. The molecule has 2 aliphatic rings. The van der Waals surface area contributed by atoms with Crippen LogP contribution in [-0.2, 0) is 34.9 Å². The van der Waals surface area contributed by atoms with Crippen molar-refractivity contribution in [2.75, 3.05) is 0 Å². The van der Waals surface area contributed by atoms with Gasteiger partial charge in [-0.1, -0.05) is 37.3 Å². The highest BCUT2D eigenvalue weighted by atomic mass is 16.6. The standard InChI is InChI=1S/C27H22N2O5/c1-2-27(32)21-12-23-24-18(13-29(23)25(30)20(21)15-34-26(27)31)10-17-11-19(8-9-22(17)28-24)33-14-16-6-4-3-5-7-16/h3-12,32H,2,13-15H2,1H3/t27-/m0/s1.